The number of carbonyl (C=O) groups is 1. The fourth-order valence-corrected chi connectivity index (χ4v) is 3.28. The summed E-state index contributed by atoms with van der Waals surface area (Å²) in [5.74, 6) is 1.37. The number of carbonyl (C=O) groups excluding carboxylic acids is 1. The molecule has 1 amide bonds. The zero-order valence-corrected chi connectivity index (χ0v) is 18.2. The fraction of sp³-hybridized carbons (Fsp3) is 0.308. The molecule has 1 aliphatic rings. The van der Waals surface area contributed by atoms with E-state index in [1.165, 1.54) is 36.6 Å². The van der Waals surface area contributed by atoms with Gasteiger partial charge in [-0.1, -0.05) is 49.0 Å². The van der Waals surface area contributed by atoms with E-state index in [9.17, 15) is 4.79 Å². The van der Waals surface area contributed by atoms with Crippen LogP contribution in [-0.4, -0.2) is 36.8 Å². The molecule has 2 aromatic rings. The lowest BCUT2D eigenvalue weighted by Gasteiger charge is -2.22. The minimum absolute atomic E-state index is 0.200. The number of primary amides is 1. The second-order valence-electron chi connectivity index (χ2n) is 7.94. The minimum atomic E-state index is -0.570. The molecule has 0 aliphatic heterocycles. The van der Waals surface area contributed by atoms with Crippen LogP contribution in [-0.2, 0) is 17.8 Å². The third kappa shape index (κ3) is 7.87. The van der Waals surface area contributed by atoms with Crippen LogP contribution in [0.5, 0.6) is 5.75 Å². The molecule has 3 rings (SSSR count). The maximum atomic E-state index is 11.1. The standard InChI is InChI=1S/C26H31N3O2/c1-20(26(27)30)8-15-25(28-2)31-24-13-11-21(12-14-24)16-17-29(19-23-9-10-23)18-22-6-4-3-5-7-22/h3-8,11-15,23H,1,9-10,16-19H2,2H3,(H2,27,30)/b15-8-,28-25+. The second-order valence-corrected chi connectivity index (χ2v) is 7.94. The van der Waals surface area contributed by atoms with E-state index in [0.717, 1.165) is 25.4 Å². The van der Waals surface area contributed by atoms with Gasteiger partial charge in [0.25, 0.3) is 0 Å². The Morgan fingerprint density at radius 2 is 1.84 bits per heavy atom. The molecule has 31 heavy (non-hydrogen) atoms. The molecule has 162 valence electrons. The van der Waals surface area contributed by atoms with E-state index in [1.807, 2.05) is 12.1 Å². The number of hydrogen-bond donors (Lipinski definition) is 1. The molecule has 0 aromatic heterocycles. The molecular formula is C26H31N3O2. The van der Waals surface area contributed by atoms with Gasteiger partial charge in [-0.05, 0) is 54.5 Å². The molecule has 1 aliphatic carbocycles. The van der Waals surface area contributed by atoms with Crippen LogP contribution >= 0.6 is 0 Å². The van der Waals surface area contributed by atoms with Crippen LogP contribution in [0.15, 0.2) is 83.9 Å². The second kappa shape index (κ2) is 11.3. The average Bonchev–Trinajstić information content (AvgIpc) is 3.60. The summed E-state index contributed by atoms with van der Waals surface area (Å²) in [6.45, 7) is 6.79. The van der Waals surface area contributed by atoms with Crippen molar-refractivity contribution < 1.29 is 9.53 Å². The van der Waals surface area contributed by atoms with Crippen LogP contribution in [0.1, 0.15) is 24.0 Å². The molecule has 2 aromatic carbocycles. The summed E-state index contributed by atoms with van der Waals surface area (Å²) in [6.07, 6.45) is 6.80. The van der Waals surface area contributed by atoms with E-state index < -0.39 is 5.91 Å². The summed E-state index contributed by atoms with van der Waals surface area (Å²) >= 11 is 0. The summed E-state index contributed by atoms with van der Waals surface area (Å²) in [4.78, 5) is 17.7. The predicted octanol–water partition coefficient (Wildman–Crippen LogP) is 4.15. The highest BCUT2D eigenvalue weighted by atomic mass is 16.5. The van der Waals surface area contributed by atoms with Gasteiger partial charge in [-0.25, -0.2) is 0 Å². The molecule has 0 bridgehead atoms. The molecule has 0 atom stereocenters. The van der Waals surface area contributed by atoms with E-state index in [2.05, 4.69) is 58.9 Å². The third-order valence-corrected chi connectivity index (χ3v) is 5.29. The molecule has 1 fully saturated rings. The van der Waals surface area contributed by atoms with Crippen molar-refractivity contribution >= 4 is 11.8 Å². The molecule has 5 nitrogen and oxygen atoms in total. The summed E-state index contributed by atoms with van der Waals surface area (Å²) in [7, 11) is 1.63. The summed E-state index contributed by atoms with van der Waals surface area (Å²) in [5, 5.41) is 0. The lowest BCUT2D eigenvalue weighted by atomic mass is 10.1. The van der Waals surface area contributed by atoms with E-state index in [4.69, 9.17) is 10.5 Å². The summed E-state index contributed by atoms with van der Waals surface area (Å²) in [5.41, 5.74) is 8.02. The number of hydrogen-bond acceptors (Lipinski definition) is 4. The monoisotopic (exact) mass is 417 g/mol. The Morgan fingerprint density at radius 3 is 2.45 bits per heavy atom. The first-order chi connectivity index (χ1) is 15.0. The van der Waals surface area contributed by atoms with Crippen LogP contribution in [0.25, 0.3) is 0 Å². The zero-order chi connectivity index (χ0) is 22.1. The first-order valence-electron chi connectivity index (χ1n) is 10.7. The first-order valence-corrected chi connectivity index (χ1v) is 10.7. The Kier molecular flexibility index (Phi) is 8.19. The van der Waals surface area contributed by atoms with Crippen molar-refractivity contribution in [2.75, 3.05) is 20.1 Å². The number of nitrogens with two attached hydrogens (primary N) is 1. The van der Waals surface area contributed by atoms with Crippen molar-refractivity contribution in [1.29, 1.82) is 0 Å². The number of benzene rings is 2. The highest BCUT2D eigenvalue weighted by Gasteiger charge is 2.24. The molecule has 0 heterocycles. The Labute approximate surface area is 184 Å². The van der Waals surface area contributed by atoms with Crippen molar-refractivity contribution in [3.63, 3.8) is 0 Å². The van der Waals surface area contributed by atoms with Gasteiger partial charge in [0.05, 0.1) is 0 Å². The van der Waals surface area contributed by atoms with Crippen molar-refractivity contribution in [1.82, 2.24) is 4.90 Å². The molecule has 0 radical (unpaired) electrons. The SMILES string of the molecule is C=C(/C=C\C(=N/C)Oc1ccc(CCN(Cc2ccccc2)CC2CC2)cc1)C(N)=O. The Bertz CT molecular complexity index is 929. The topological polar surface area (TPSA) is 67.9 Å². The van der Waals surface area contributed by atoms with Crippen LogP contribution < -0.4 is 10.5 Å². The van der Waals surface area contributed by atoms with Crippen LogP contribution in [0.4, 0.5) is 0 Å². The van der Waals surface area contributed by atoms with Gasteiger partial charge in [0.1, 0.15) is 5.75 Å². The Balaban J connectivity index is 1.53. The van der Waals surface area contributed by atoms with Crippen molar-refractivity contribution in [3.05, 3.63) is 90.0 Å². The fourth-order valence-electron chi connectivity index (χ4n) is 3.28. The van der Waals surface area contributed by atoms with Gasteiger partial charge in [0.2, 0.25) is 11.8 Å². The quantitative estimate of drug-likeness (QED) is 0.258. The maximum Gasteiger partial charge on any atom is 0.248 e. The third-order valence-electron chi connectivity index (χ3n) is 5.29. The van der Waals surface area contributed by atoms with Crippen LogP contribution in [0, 0.1) is 5.92 Å². The highest BCUT2D eigenvalue weighted by Crippen LogP contribution is 2.30. The van der Waals surface area contributed by atoms with Gasteiger partial charge < -0.3 is 10.5 Å². The zero-order valence-electron chi connectivity index (χ0n) is 18.2. The van der Waals surface area contributed by atoms with E-state index in [0.29, 0.717) is 11.6 Å². The number of nitrogens with zero attached hydrogens (tertiary/aromatic N) is 2. The highest BCUT2D eigenvalue weighted by molar-refractivity contribution is 5.97. The molecule has 2 N–H and O–H groups in total. The minimum Gasteiger partial charge on any atom is -0.439 e. The van der Waals surface area contributed by atoms with Crippen molar-refractivity contribution in [2.24, 2.45) is 16.6 Å². The van der Waals surface area contributed by atoms with Crippen LogP contribution in [0.2, 0.25) is 0 Å². The smallest absolute Gasteiger partial charge is 0.248 e. The van der Waals surface area contributed by atoms with E-state index in [1.54, 1.807) is 13.1 Å². The number of rotatable bonds is 11. The van der Waals surface area contributed by atoms with Gasteiger partial charge >= 0.3 is 0 Å². The van der Waals surface area contributed by atoms with Gasteiger partial charge in [-0.2, -0.15) is 0 Å². The molecule has 0 unspecified atom stereocenters. The number of ether oxygens (including phenoxy) is 1. The number of aliphatic imine (C=N–C) groups is 1. The normalized spacial score (nSPS) is 14.2. The molecule has 0 saturated heterocycles. The summed E-state index contributed by atoms with van der Waals surface area (Å²) in [6, 6.07) is 18.7. The molecular weight excluding hydrogens is 386 g/mol. The van der Waals surface area contributed by atoms with E-state index in [-0.39, 0.29) is 5.57 Å². The average molecular weight is 418 g/mol. The van der Waals surface area contributed by atoms with E-state index >= 15 is 0 Å². The Morgan fingerprint density at radius 1 is 1.13 bits per heavy atom. The predicted molar refractivity (Wildman–Crippen MR) is 126 cm³/mol. The molecule has 0 spiro atoms. The van der Waals surface area contributed by atoms with Crippen molar-refractivity contribution in [3.8, 4) is 5.75 Å². The lowest BCUT2D eigenvalue weighted by molar-refractivity contribution is -0.114. The van der Waals surface area contributed by atoms with Crippen LogP contribution in [0.3, 0.4) is 0 Å². The maximum absolute atomic E-state index is 11.1. The van der Waals surface area contributed by atoms with Gasteiger partial charge in [0, 0.05) is 38.3 Å². The molecule has 1 saturated carbocycles. The largest absolute Gasteiger partial charge is 0.439 e. The Hall–Kier alpha value is -3.18. The van der Waals surface area contributed by atoms with Gasteiger partial charge in [0.15, 0.2) is 0 Å². The summed E-state index contributed by atoms with van der Waals surface area (Å²) < 4.78 is 5.77. The van der Waals surface area contributed by atoms with Crippen molar-refractivity contribution in [2.45, 2.75) is 25.8 Å². The molecule has 5 heteroatoms. The number of amides is 1. The van der Waals surface area contributed by atoms with Gasteiger partial charge in [-0.3, -0.25) is 14.7 Å². The first kappa shape index (κ1) is 22.5. The lowest BCUT2D eigenvalue weighted by Crippen LogP contribution is -2.28. The van der Waals surface area contributed by atoms with Gasteiger partial charge in [-0.15, -0.1) is 0 Å².